The zero-order chi connectivity index (χ0) is 17.6. The summed E-state index contributed by atoms with van der Waals surface area (Å²) in [5.74, 6) is -2.11. The molecule has 25 heavy (non-hydrogen) atoms. The Kier molecular flexibility index (Phi) is 2.40. The molecular weight excluding hydrogens is 320 g/mol. The Labute approximate surface area is 147 Å². The third-order valence-electron chi connectivity index (χ3n) is 9.05. The average Bonchev–Trinajstić information content (AvgIpc) is 2.68. The zero-order valence-corrected chi connectivity index (χ0v) is 14.8. The van der Waals surface area contributed by atoms with Crippen molar-refractivity contribution in [1.29, 1.82) is 0 Å². The van der Waals surface area contributed by atoms with E-state index in [0.29, 0.717) is 5.57 Å². The molecule has 8 rings (SSSR count). The van der Waals surface area contributed by atoms with Crippen LogP contribution >= 0.6 is 0 Å². The molecule has 4 aliphatic heterocycles. The lowest BCUT2D eigenvalue weighted by atomic mass is 9.34. The minimum absolute atomic E-state index is 0.0125. The first kappa shape index (κ1) is 15.3. The van der Waals surface area contributed by atoms with Gasteiger partial charge in [-0.1, -0.05) is 26.8 Å². The molecule has 2 spiro atoms. The van der Waals surface area contributed by atoms with E-state index in [1.54, 1.807) is 0 Å². The topological polar surface area (TPSA) is 76.0 Å². The highest BCUT2D eigenvalue weighted by Crippen LogP contribution is 2.81. The number of hydrogen-bond acceptors (Lipinski definition) is 5. The molecule has 0 amide bonds. The van der Waals surface area contributed by atoms with Crippen LogP contribution in [0.25, 0.3) is 0 Å². The van der Waals surface area contributed by atoms with Crippen molar-refractivity contribution < 1.29 is 24.5 Å². The van der Waals surface area contributed by atoms with E-state index in [1.165, 1.54) is 0 Å². The van der Waals surface area contributed by atoms with Crippen LogP contribution in [0, 0.1) is 34.0 Å². The Hall–Kier alpha value is -0.750. The smallest absolute Gasteiger partial charge is 0.211 e. The first-order valence-corrected chi connectivity index (χ1v) is 9.70. The van der Waals surface area contributed by atoms with Gasteiger partial charge < -0.3 is 19.7 Å². The minimum Gasteiger partial charge on any atom is -0.387 e. The van der Waals surface area contributed by atoms with Crippen molar-refractivity contribution in [3.8, 4) is 0 Å². The second-order valence-electron chi connectivity index (χ2n) is 10.0. The molecule has 0 aromatic carbocycles. The maximum absolute atomic E-state index is 13.4. The Morgan fingerprint density at radius 1 is 1.24 bits per heavy atom. The van der Waals surface area contributed by atoms with Gasteiger partial charge in [-0.25, -0.2) is 0 Å². The highest BCUT2D eigenvalue weighted by molar-refractivity contribution is 6.05. The first-order valence-electron chi connectivity index (χ1n) is 9.70. The summed E-state index contributed by atoms with van der Waals surface area (Å²) in [6.45, 7) is 8.39. The van der Waals surface area contributed by atoms with Crippen LogP contribution in [0.15, 0.2) is 12.2 Å². The quantitative estimate of drug-likeness (QED) is 0.654. The SMILES string of the molecule is C=C1C(=O)[C@@]23[C@@H]4OC5O[C@@]2(O)[C@@H](O)[C@@H]2C(C)(C)CCC[C@]52[C@H]3CC[C@@H]14. The lowest BCUT2D eigenvalue weighted by Gasteiger charge is -2.79. The lowest BCUT2D eigenvalue weighted by molar-refractivity contribution is -0.549. The van der Waals surface area contributed by atoms with Crippen LogP contribution in [-0.2, 0) is 14.3 Å². The Morgan fingerprint density at radius 2 is 2.00 bits per heavy atom. The van der Waals surface area contributed by atoms with Crippen molar-refractivity contribution in [3.63, 3.8) is 0 Å². The third-order valence-corrected chi connectivity index (χ3v) is 9.05. The predicted octanol–water partition coefficient (Wildman–Crippen LogP) is 1.77. The van der Waals surface area contributed by atoms with Gasteiger partial charge >= 0.3 is 0 Å². The predicted molar refractivity (Wildman–Crippen MR) is 87.1 cm³/mol. The fourth-order valence-electron chi connectivity index (χ4n) is 8.46. The van der Waals surface area contributed by atoms with E-state index in [9.17, 15) is 15.0 Å². The molecule has 9 atom stereocenters. The standard InChI is InChI=1S/C20H26O5/c1-9-10-5-6-11-18-8-4-7-17(2,3)12(18)14(22)20(23)19(11,13(9)21)15(10)24-16(18)25-20/h10-12,14-16,22-23H,1,4-8H2,2-3H3/t10-,11+,12+,14-,15+,16?,18+,19-,20-/m0/s1. The summed E-state index contributed by atoms with van der Waals surface area (Å²) in [4.78, 5) is 13.4. The second-order valence-corrected chi connectivity index (χ2v) is 10.0. The van der Waals surface area contributed by atoms with Gasteiger partial charge in [-0.05, 0) is 42.6 Å². The van der Waals surface area contributed by atoms with Crippen molar-refractivity contribution in [1.82, 2.24) is 0 Å². The van der Waals surface area contributed by atoms with Gasteiger partial charge in [0.1, 0.15) is 11.5 Å². The van der Waals surface area contributed by atoms with Crippen LogP contribution in [0.4, 0.5) is 0 Å². The lowest BCUT2D eigenvalue weighted by Crippen LogP contribution is -2.89. The van der Waals surface area contributed by atoms with E-state index in [4.69, 9.17) is 9.47 Å². The van der Waals surface area contributed by atoms with Crippen molar-refractivity contribution in [2.75, 3.05) is 0 Å². The molecule has 4 saturated carbocycles. The molecule has 0 aromatic rings. The number of ketones is 1. The molecule has 0 aromatic heterocycles. The molecule has 2 N–H and O–H groups in total. The number of carbonyl (C=O) groups excluding carboxylic acids is 1. The number of hydrogen-bond donors (Lipinski definition) is 2. The molecule has 0 radical (unpaired) electrons. The first-order chi connectivity index (χ1) is 11.7. The van der Waals surface area contributed by atoms with E-state index in [0.717, 1.165) is 32.1 Å². The van der Waals surface area contributed by atoms with Crippen molar-refractivity contribution in [2.45, 2.75) is 70.2 Å². The summed E-state index contributed by atoms with van der Waals surface area (Å²) in [5, 5.41) is 23.1. The summed E-state index contributed by atoms with van der Waals surface area (Å²) in [5.41, 5.74) is -1.10. The number of rotatable bonds is 0. The van der Waals surface area contributed by atoms with Crippen LogP contribution in [-0.4, -0.2) is 40.3 Å². The summed E-state index contributed by atoms with van der Waals surface area (Å²) < 4.78 is 12.4. The maximum Gasteiger partial charge on any atom is 0.211 e. The molecule has 8 fully saturated rings. The summed E-state index contributed by atoms with van der Waals surface area (Å²) in [7, 11) is 0. The maximum atomic E-state index is 13.4. The number of aliphatic hydroxyl groups is 2. The van der Waals surface area contributed by atoms with Gasteiger partial charge in [0.25, 0.3) is 0 Å². The molecule has 7 bridgehead atoms. The van der Waals surface area contributed by atoms with Crippen molar-refractivity contribution >= 4 is 5.78 Å². The Morgan fingerprint density at radius 3 is 2.76 bits per heavy atom. The molecular formula is C20H26O5. The monoisotopic (exact) mass is 346 g/mol. The van der Waals surface area contributed by atoms with Crippen LogP contribution in [0.1, 0.15) is 46.0 Å². The average molecular weight is 346 g/mol. The number of Topliss-reactive ketones (excluding diaryl/α,β-unsaturated/α-hetero) is 1. The van der Waals surface area contributed by atoms with Crippen LogP contribution < -0.4 is 0 Å². The van der Waals surface area contributed by atoms with Crippen molar-refractivity contribution in [2.24, 2.45) is 34.0 Å². The van der Waals surface area contributed by atoms with E-state index < -0.39 is 23.6 Å². The Balaban J connectivity index is 1.68. The summed E-state index contributed by atoms with van der Waals surface area (Å²) >= 11 is 0. The fourth-order valence-corrected chi connectivity index (χ4v) is 8.46. The van der Waals surface area contributed by atoms with Gasteiger partial charge in [-0.3, -0.25) is 4.79 Å². The molecule has 1 unspecified atom stereocenters. The molecule has 4 aliphatic carbocycles. The molecule has 136 valence electrons. The largest absolute Gasteiger partial charge is 0.387 e. The third kappa shape index (κ3) is 1.18. The molecule has 8 aliphatic rings. The van der Waals surface area contributed by atoms with Crippen LogP contribution in [0.3, 0.4) is 0 Å². The highest BCUT2D eigenvalue weighted by Gasteiger charge is 2.91. The van der Waals surface area contributed by atoms with Crippen LogP contribution in [0.5, 0.6) is 0 Å². The molecule has 5 heteroatoms. The normalized spacial score (nSPS) is 63.0. The van der Waals surface area contributed by atoms with Gasteiger partial charge in [0.05, 0.1) is 6.10 Å². The Bertz CT molecular complexity index is 730. The van der Waals surface area contributed by atoms with E-state index >= 15 is 0 Å². The summed E-state index contributed by atoms with van der Waals surface area (Å²) in [6.07, 6.45) is 2.73. The number of ether oxygens (including phenoxy) is 2. The number of aliphatic hydroxyl groups excluding tert-OH is 1. The molecule has 4 heterocycles. The van der Waals surface area contributed by atoms with Gasteiger partial charge in [0, 0.05) is 17.3 Å². The van der Waals surface area contributed by atoms with Gasteiger partial charge in [-0.15, -0.1) is 0 Å². The van der Waals surface area contributed by atoms with Gasteiger partial charge in [-0.2, -0.15) is 0 Å². The zero-order valence-electron chi connectivity index (χ0n) is 14.8. The molecule has 4 saturated heterocycles. The highest BCUT2D eigenvalue weighted by atomic mass is 16.8. The van der Waals surface area contributed by atoms with Crippen molar-refractivity contribution in [3.05, 3.63) is 12.2 Å². The van der Waals surface area contributed by atoms with E-state index in [2.05, 4.69) is 20.4 Å². The number of carbonyl (C=O) groups is 1. The van der Waals surface area contributed by atoms with E-state index in [1.807, 2.05) is 0 Å². The summed E-state index contributed by atoms with van der Waals surface area (Å²) in [6, 6.07) is 0. The fraction of sp³-hybridized carbons (Fsp3) is 0.850. The minimum atomic E-state index is -1.85. The van der Waals surface area contributed by atoms with Crippen LogP contribution in [0.2, 0.25) is 0 Å². The van der Waals surface area contributed by atoms with Gasteiger partial charge in [0.15, 0.2) is 12.1 Å². The van der Waals surface area contributed by atoms with Gasteiger partial charge in [0.2, 0.25) is 5.79 Å². The molecule has 5 nitrogen and oxygen atoms in total. The van der Waals surface area contributed by atoms with E-state index in [-0.39, 0.29) is 40.5 Å². The second kappa shape index (κ2) is 3.91.